The first-order valence-electron chi connectivity index (χ1n) is 9.09. The van der Waals surface area contributed by atoms with Gasteiger partial charge < -0.3 is 19.4 Å². The van der Waals surface area contributed by atoms with Crippen LogP contribution in [0, 0.1) is 0 Å². The highest BCUT2D eigenvalue weighted by Crippen LogP contribution is 2.14. The van der Waals surface area contributed by atoms with Gasteiger partial charge in [-0.15, -0.1) is 0 Å². The number of likely N-dealkylation sites (tertiary alicyclic amines) is 1. The first kappa shape index (κ1) is 16.4. The van der Waals surface area contributed by atoms with E-state index >= 15 is 0 Å². The van der Waals surface area contributed by atoms with Crippen LogP contribution < -0.4 is 5.32 Å². The van der Waals surface area contributed by atoms with E-state index in [0.717, 1.165) is 57.3 Å². The van der Waals surface area contributed by atoms with Crippen LogP contribution in [-0.4, -0.2) is 49.7 Å². The average molecular weight is 319 g/mol. The maximum absolute atomic E-state index is 5.81. The SMILES string of the molecule is c1coc(CCNC(=NCC2CCCCO2)N2CCCCC2)c1. The van der Waals surface area contributed by atoms with Crippen molar-refractivity contribution in [3.8, 4) is 0 Å². The Bertz CT molecular complexity index is 461. The van der Waals surface area contributed by atoms with E-state index in [1.807, 2.05) is 12.1 Å². The van der Waals surface area contributed by atoms with Crippen molar-refractivity contribution >= 4 is 5.96 Å². The molecule has 0 aliphatic carbocycles. The Kier molecular flexibility index (Phi) is 6.38. The number of aliphatic imine (C=N–C) groups is 1. The Balaban J connectivity index is 1.53. The molecule has 2 aliphatic heterocycles. The molecule has 3 rings (SSSR count). The van der Waals surface area contributed by atoms with E-state index in [1.54, 1.807) is 6.26 Å². The molecule has 0 spiro atoms. The number of furan rings is 1. The average Bonchev–Trinajstić information content (AvgIpc) is 3.13. The van der Waals surface area contributed by atoms with E-state index in [0.29, 0.717) is 6.10 Å². The normalized spacial score (nSPS) is 23.0. The van der Waals surface area contributed by atoms with Gasteiger partial charge in [0.25, 0.3) is 0 Å². The number of nitrogens with zero attached hydrogens (tertiary/aromatic N) is 2. The molecule has 1 atom stereocenters. The second-order valence-electron chi connectivity index (χ2n) is 6.46. The van der Waals surface area contributed by atoms with Gasteiger partial charge in [0.2, 0.25) is 0 Å². The first-order chi connectivity index (χ1) is 11.4. The van der Waals surface area contributed by atoms with Gasteiger partial charge in [-0.3, -0.25) is 4.99 Å². The zero-order valence-electron chi connectivity index (χ0n) is 14.0. The van der Waals surface area contributed by atoms with E-state index in [4.69, 9.17) is 14.1 Å². The van der Waals surface area contributed by atoms with Gasteiger partial charge in [-0.1, -0.05) is 0 Å². The molecule has 1 aromatic heterocycles. The molecular formula is C18H29N3O2. The molecule has 2 aliphatic rings. The third-order valence-corrected chi connectivity index (χ3v) is 4.61. The maximum Gasteiger partial charge on any atom is 0.194 e. The van der Waals surface area contributed by atoms with Crippen LogP contribution >= 0.6 is 0 Å². The van der Waals surface area contributed by atoms with Gasteiger partial charge in [0.15, 0.2) is 5.96 Å². The highest BCUT2D eigenvalue weighted by atomic mass is 16.5. The van der Waals surface area contributed by atoms with Crippen LogP contribution in [-0.2, 0) is 11.2 Å². The zero-order valence-corrected chi connectivity index (χ0v) is 14.0. The third-order valence-electron chi connectivity index (χ3n) is 4.61. The molecule has 128 valence electrons. The fraction of sp³-hybridized carbons (Fsp3) is 0.722. The molecule has 5 heteroatoms. The number of guanidine groups is 1. The van der Waals surface area contributed by atoms with Gasteiger partial charge in [-0.05, 0) is 50.7 Å². The number of hydrogen-bond acceptors (Lipinski definition) is 3. The van der Waals surface area contributed by atoms with Crippen molar-refractivity contribution in [1.29, 1.82) is 0 Å². The second-order valence-corrected chi connectivity index (χ2v) is 6.46. The Morgan fingerprint density at radius 3 is 2.87 bits per heavy atom. The van der Waals surface area contributed by atoms with Gasteiger partial charge in [-0.2, -0.15) is 0 Å². The lowest BCUT2D eigenvalue weighted by atomic mass is 10.1. The van der Waals surface area contributed by atoms with E-state index in [9.17, 15) is 0 Å². The van der Waals surface area contributed by atoms with Crippen LogP contribution in [0.5, 0.6) is 0 Å². The minimum absolute atomic E-state index is 0.301. The molecule has 0 bridgehead atoms. The Labute approximate surface area is 139 Å². The Hall–Kier alpha value is -1.49. The fourth-order valence-corrected chi connectivity index (χ4v) is 3.27. The van der Waals surface area contributed by atoms with Crippen LogP contribution in [0.25, 0.3) is 0 Å². The Morgan fingerprint density at radius 2 is 2.13 bits per heavy atom. The number of hydrogen-bond donors (Lipinski definition) is 1. The van der Waals surface area contributed by atoms with E-state index in [-0.39, 0.29) is 0 Å². The fourth-order valence-electron chi connectivity index (χ4n) is 3.27. The summed E-state index contributed by atoms with van der Waals surface area (Å²) in [5.41, 5.74) is 0. The summed E-state index contributed by atoms with van der Waals surface area (Å²) in [6, 6.07) is 3.96. The molecule has 23 heavy (non-hydrogen) atoms. The van der Waals surface area contributed by atoms with Gasteiger partial charge in [-0.25, -0.2) is 0 Å². The van der Waals surface area contributed by atoms with Crippen LogP contribution in [0.2, 0.25) is 0 Å². The van der Waals surface area contributed by atoms with Crippen molar-refractivity contribution in [2.45, 2.75) is 51.0 Å². The molecule has 5 nitrogen and oxygen atoms in total. The summed E-state index contributed by atoms with van der Waals surface area (Å²) in [7, 11) is 0. The van der Waals surface area contributed by atoms with Crippen molar-refractivity contribution < 1.29 is 9.15 Å². The topological polar surface area (TPSA) is 50.0 Å². The van der Waals surface area contributed by atoms with Gasteiger partial charge in [0.05, 0.1) is 18.9 Å². The lowest BCUT2D eigenvalue weighted by Crippen LogP contribution is -2.45. The summed E-state index contributed by atoms with van der Waals surface area (Å²) < 4.78 is 11.2. The van der Waals surface area contributed by atoms with Crippen molar-refractivity contribution in [2.75, 3.05) is 32.8 Å². The molecule has 0 radical (unpaired) electrons. The second kappa shape index (κ2) is 8.96. The van der Waals surface area contributed by atoms with Gasteiger partial charge in [0.1, 0.15) is 5.76 Å². The summed E-state index contributed by atoms with van der Waals surface area (Å²) in [5, 5.41) is 3.53. The van der Waals surface area contributed by atoms with Gasteiger partial charge in [0, 0.05) is 32.7 Å². The highest BCUT2D eigenvalue weighted by molar-refractivity contribution is 5.80. The summed E-state index contributed by atoms with van der Waals surface area (Å²) in [4.78, 5) is 7.26. The Morgan fingerprint density at radius 1 is 1.22 bits per heavy atom. The van der Waals surface area contributed by atoms with E-state index in [2.05, 4.69) is 10.2 Å². The molecule has 2 saturated heterocycles. The summed E-state index contributed by atoms with van der Waals surface area (Å²) >= 11 is 0. The molecule has 1 N–H and O–H groups in total. The first-order valence-corrected chi connectivity index (χ1v) is 9.09. The smallest absolute Gasteiger partial charge is 0.194 e. The van der Waals surface area contributed by atoms with E-state index in [1.165, 1.54) is 32.1 Å². The highest BCUT2D eigenvalue weighted by Gasteiger charge is 2.17. The lowest BCUT2D eigenvalue weighted by molar-refractivity contribution is 0.0223. The lowest BCUT2D eigenvalue weighted by Gasteiger charge is -2.31. The maximum atomic E-state index is 5.81. The van der Waals surface area contributed by atoms with E-state index < -0.39 is 0 Å². The number of rotatable bonds is 5. The number of ether oxygens (including phenoxy) is 1. The van der Waals surface area contributed by atoms with Crippen molar-refractivity contribution in [1.82, 2.24) is 10.2 Å². The monoisotopic (exact) mass is 319 g/mol. The predicted molar refractivity (Wildman–Crippen MR) is 91.7 cm³/mol. The van der Waals surface area contributed by atoms with Crippen molar-refractivity contribution in [3.63, 3.8) is 0 Å². The van der Waals surface area contributed by atoms with Crippen molar-refractivity contribution in [3.05, 3.63) is 24.2 Å². The third kappa shape index (κ3) is 5.27. The van der Waals surface area contributed by atoms with Crippen molar-refractivity contribution in [2.24, 2.45) is 4.99 Å². The van der Waals surface area contributed by atoms with Crippen LogP contribution in [0.3, 0.4) is 0 Å². The quantitative estimate of drug-likeness (QED) is 0.670. The van der Waals surface area contributed by atoms with Gasteiger partial charge >= 0.3 is 0 Å². The molecule has 1 unspecified atom stereocenters. The molecule has 0 aromatic carbocycles. The molecule has 3 heterocycles. The van der Waals surface area contributed by atoms with Crippen LogP contribution in [0.15, 0.2) is 27.8 Å². The number of nitrogens with one attached hydrogen (secondary N) is 1. The summed E-state index contributed by atoms with van der Waals surface area (Å²) in [6.07, 6.45) is 10.4. The largest absolute Gasteiger partial charge is 0.469 e. The van der Waals surface area contributed by atoms with Crippen LogP contribution in [0.4, 0.5) is 0 Å². The minimum Gasteiger partial charge on any atom is -0.469 e. The molecule has 2 fully saturated rings. The molecule has 1 aromatic rings. The molecule has 0 amide bonds. The summed E-state index contributed by atoms with van der Waals surface area (Å²) in [5.74, 6) is 2.07. The number of piperidine rings is 1. The zero-order chi connectivity index (χ0) is 15.7. The summed E-state index contributed by atoms with van der Waals surface area (Å²) in [6.45, 7) is 4.75. The minimum atomic E-state index is 0.301. The van der Waals surface area contributed by atoms with Crippen LogP contribution in [0.1, 0.15) is 44.3 Å². The molecular weight excluding hydrogens is 290 g/mol. The predicted octanol–water partition coefficient (Wildman–Crippen LogP) is 2.82. The molecule has 0 saturated carbocycles. The standard InChI is InChI=1S/C18H29N3O2/c1-3-11-21(12-4-1)18(19-10-9-16-8-6-14-22-16)20-15-17-7-2-5-13-23-17/h6,8,14,17H,1-5,7,9-13,15H2,(H,19,20).